The smallest absolute Gasteiger partial charge is 0.319 e. The van der Waals surface area contributed by atoms with E-state index >= 15 is 0 Å². The maximum atomic E-state index is 12.3. The fourth-order valence-electron chi connectivity index (χ4n) is 4.05. The average molecular weight is 364 g/mol. The van der Waals surface area contributed by atoms with E-state index in [4.69, 9.17) is 16.3 Å². The molecule has 1 aromatic carbocycles. The van der Waals surface area contributed by atoms with Crippen molar-refractivity contribution in [1.82, 2.24) is 5.32 Å². The van der Waals surface area contributed by atoms with Gasteiger partial charge in [0.2, 0.25) is 0 Å². The molecule has 0 aromatic heterocycles. The van der Waals surface area contributed by atoms with Crippen LogP contribution in [0.15, 0.2) is 12.1 Å². The number of carbonyl (C=O) groups excluding carboxylic acids is 2. The second-order valence-electron chi connectivity index (χ2n) is 7.17. The number of benzene rings is 1. The third-order valence-corrected chi connectivity index (χ3v) is 5.55. The summed E-state index contributed by atoms with van der Waals surface area (Å²) in [7, 11) is 0. The Kier molecular flexibility index (Phi) is 4.46. The lowest BCUT2D eigenvalue weighted by Gasteiger charge is -2.22. The number of hydrogen-bond acceptors (Lipinski definition) is 3. The predicted molar refractivity (Wildman–Crippen MR) is 96.2 cm³/mol. The molecule has 3 aliphatic rings. The fourth-order valence-corrected chi connectivity index (χ4v) is 4.27. The molecule has 1 aromatic rings. The molecule has 1 heterocycles. The van der Waals surface area contributed by atoms with Crippen LogP contribution in [0.25, 0.3) is 0 Å². The highest BCUT2D eigenvalue weighted by molar-refractivity contribution is 6.31. The van der Waals surface area contributed by atoms with Crippen LogP contribution in [-0.4, -0.2) is 24.6 Å². The molecule has 2 aliphatic carbocycles. The van der Waals surface area contributed by atoms with Gasteiger partial charge in [-0.2, -0.15) is 0 Å². The van der Waals surface area contributed by atoms with Gasteiger partial charge in [0.05, 0.1) is 11.4 Å². The van der Waals surface area contributed by atoms with Crippen molar-refractivity contribution in [1.29, 1.82) is 0 Å². The summed E-state index contributed by atoms with van der Waals surface area (Å²) < 4.78 is 5.45. The van der Waals surface area contributed by atoms with E-state index in [0.717, 1.165) is 12.3 Å². The van der Waals surface area contributed by atoms with Gasteiger partial charge in [-0.1, -0.05) is 43.7 Å². The summed E-state index contributed by atoms with van der Waals surface area (Å²) in [5.74, 6) is 1.59. The van der Waals surface area contributed by atoms with E-state index in [1.54, 1.807) is 12.1 Å². The third-order valence-electron chi connectivity index (χ3n) is 5.34. The van der Waals surface area contributed by atoms with Crippen LogP contribution < -0.4 is 20.7 Å². The zero-order valence-electron chi connectivity index (χ0n) is 13.9. The number of halogens is 1. The first-order chi connectivity index (χ1) is 12.1. The first-order valence-corrected chi connectivity index (χ1v) is 9.31. The molecule has 3 N–H and O–H groups in total. The first-order valence-electron chi connectivity index (χ1n) is 8.94. The second kappa shape index (κ2) is 6.75. The van der Waals surface area contributed by atoms with E-state index in [1.807, 2.05) is 0 Å². The first kappa shape index (κ1) is 16.5. The lowest BCUT2D eigenvalue weighted by atomic mass is 9.85. The molecule has 0 radical (unpaired) electrons. The van der Waals surface area contributed by atoms with Crippen LogP contribution in [0.4, 0.5) is 16.2 Å². The highest BCUT2D eigenvalue weighted by Crippen LogP contribution is 2.44. The van der Waals surface area contributed by atoms with Crippen LogP contribution in [0.1, 0.15) is 38.5 Å². The van der Waals surface area contributed by atoms with Crippen molar-refractivity contribution >= 4 is 34.9 Å². The largest absolute Gasteiger partial charge is 0.479 e. The van der Waals surface area contributed by atoms with Gasteiger partial charge < -0.3 is 20.7 Å². The van der Waals surface area contributed by atoms with Crippen molar-refractivity contribution in [3.05, 3.63) is 17.2 Å². The Morgan fingerprint density at radius 3 is 2.84 bits per heavy atom. The number of hydrogen-bond donors (Lipinski definition) is 3. The maximum Gasteiger partial charge on any atom is 0.319 e. The van der Waals surface area contributed by atoms with Crippen molar-refractivity contribution in [3.8, 4) is 5.75 Å². The van der Waals surface area contributed by atoms with Gasteiger partial charge in [-0.25, -0.2) is 4.79 Å². The molecule has 2 atom stereocenters. The molecule has 0 spiro atoms. The highest BCUT2D eigenvalue weighted by Gasteiger charge is 2.43. The van der Waals surface area contributed by atoms with Crippen LogP contribution >= 0.6 is 11.6 Å². The number of amides is 3. The van der Waals surface area contributed by atoms with Gasteiger partial charge >= 0.3 is 6.03 Å². The summed E-state index contributed by atoms with van der Waals surface area (Å²) in [6, 6.07) is 3.24. The van der Waals surface area contributed by atoms with Gasteiger partial charge in [0.1, 0.15) is 0 Å². The number of fused-ring (bicyclic) bond motifs is 1. The molecule has 3 amide bonds. The molecule has 0 bridgehead atoms. The quantitative estimate of drug-likeness (QED) is 0.765. The molecular weight excluding hydrogens is 342 g/mol. The highest BCUT2D eigenvalue weighted by atomic mass is 35.5. The molecule has 0 unspecified atom stereocenters. The van der Waals surface area contributed by atoms with E-state index in [2.05, 4.69) is 16.0 Å². The predicted octanol–water partition coefficient (Wildman–Crippen LogP) is 3.76. The molecule has 6 nitrogen and oxygen atoms in total. The lowest BCUT2D eigenvalue weighted by Crippen LogP contribution is -2.33. The minimum atomic E-state index is -0.256. The summed E-state index contributed by atoms with van der Waals surface area (Å²) in [5, 5.41) is 8.98. The minimum absolute atomic E-state index is 0.0721. The van der Waals surface area contributed by atoms with Crippen LogP contribution in [0.5, 0.6) is 5.75 Å². The summed E-state index contributed by atoms with van der Waals surface area (Å²) in [6.45, 7) is -0.0721. The molecule has 0 saturated heterocycles. The number of anilines is 2. The minimum Gasteiger partial charge on any atom is -0.479 e. The summed E-state index contributed by atoms with van der Waals surface area (Å²) >= 11 is 6.08. The van der Waals surface area contributed by atoms with Crippen LogP contribution in [0, 0.1) is 11.8 Å². The van der Waals surface area contributed by atoms with Gasteiger partial charge in [0.15, 0.2) is 12.4 Å². The van der Waals surface area contributed by atoms with Crippen molar-refractivity contribution < 1.29 is 14.3 Å². The zero-order chi connectivity index (χ0) is 17.4. The van der Waals surface area contributed by atoms with Gasteiger partial charge in [0, 0.05) is 11.1 Å². The molecular formula is C18H22ClN3O3. The molecule has 7 heteroatoms. The van der Waals surface area contributed by atoms with E-state index in [9.17, 15) is 9.59 Å². The van der Waals surface area contributed by atoms with E-state index < -0.39 is 0 Å². The Morgan fingerprint density at radius 1 is 1.24 bits per heavy atom. The van der Waals surface area contributed by atoms with E-state index in [1.165, 1.54) is 32.1 Å². The summed E-state index contributed by atoms with van der Waals surface area (Å²) in [5.41, 5.74) is 0.945. The topological polar surface area (TPSA) is 79.5 Å². The molecule has 25 heavy (non-hydrogen) atoms. The van der Waals surface area contributed by atoms with Crippen molar-refractivity contribution in [2.75, 3.05) is 17.2 Å². The van der Waals surface area contributed by atoms with Crippen LogP contribution in [-0.2, 0) is 4.79 Å². The Balaban J connectivity index is 1.38. The zero-order valence-corrected chi connectivity index (χ0v) is 14.7. The normalized spacial score (nSPS) is 25.4. The lowest BCUT2D eigenvalue weighted by molar-refractivity contribution is -0.118. The number of ether oxygens (including phenoxy) is 1. The Bertz CT molecular complexity index is 703. The molecule has 4 rings (SSSR count). The second-order valence-corrected chi connectivity index (χ2v) is 7.61. The SMILES string of the molecule is O=C1COc2c(cc(Cl)cc2NC(=O)N[C@@H]2C[C@H]2C2CCCCC2)N1. The monoisotopic (exact) mass is 363 g/mol. The maximum absolute atomic E-state index is 12.3. The van der Waals surface area contributed by atoms with E-state index in [-0.39, 0.29) is 24.6 Å². The van der Waals surface area contributed by atoms with Crippen LogP contribution in [0.3, 0.4) is 0 Å². The van der Waals surface area contributed by atoms with Gasteiger partial charge in [-0.3, -0.25) is 4.79 Å². The molecule has 2 fully saturated rings. The Labute approximate surface area is 151 Å². The van der Waals surface area contributed by atoms with Gasteiger partial charge in [-0.05, 0) is 30.4 Å². The standard InChI is InChI=1S/C18H22ClN3O3/c19-11-6-14-17(25-9-16(23)20-14)15(7-11)22-18(24)21-13-8-12(13)10-4-2-1-3-5-10/h6-7,10,12-13H,1-5,8-9H2,(H,20,23)(H2,21,22,24)/t12-,13+/m0/s1. The van der Waals surface area contributed by atoms with E-state index in [0.29, 0.717) is 28.1 Å². The molecule has 1 aliphatic heterocycles. The molecule has 134 valence electrons. The summed E-state index contributed by atoms with van der Waals surface area (Å²) in [4.78, 5) is 23.8. The average Bonchev–Trinajstić information content (AvgIpc) is 3.34. The Morgan fingerprint density at radius 2 is 2.04 bits per heavy atom. The van der Waals surface area contributed by atoms with Gasteiger partial charge in [0.25, 0.3) is 5.91 Å². The number of nitrogens with one attached hydrogen (secondary N) is 3. The fraction of sp³-hybridized carbons (Fsp3) is 0.556. The number of carbonyl (C=O) groups is 2. The van der Waals surface area contributed by atoms with Crippen molar-refractivity contribution in [2.24, 2.45) is 11.8 Å². The van der Waals surface area contributed by atoms with Crippen molar-refractivity contribution in [2.45, 2.75) is 44.6 Å². The molecule has 2 saturated carbocycles. The number of rotatable bonds is 3. The van der Waals surface area contributed by atoms with Crippen LogP contribution in [0.2, 0.25) is 5.02 Å². The van der Waals surface area contributed by atoms with Crippen molar-refractivity contribution in [3.63, 3.8) is 0 Å². The van der Waals surface area contributed by atoms with Gasteiger partial charge in [-0.15, -0.1) is 0 Å². The third kappa shape index (κ3) is 3.68. The Hall–Kier alpha value is -1.95. The summed E-state index contributed by atoms with van der Waals surface area (Å²) in [6.07, 6.45) is 7.63. The number of urea groups is 1.